The minimum atomic E-state index is -0.568. The maximum atomic E-state index is 12.5. The third kappa shape index (κ3) is 5.19. The number of aromatic nitrogens is 1. The average Bonchev–Trinajstić information content (AvgIpc) is 3.16. The summed E-state index contributed by atoms with van der Waals surface area (Å²) < 4.78 is 0. The maximum absolute atomic E-state index is 12.5. The lowest BCUT2D eigenvalue weighted by Crippen LogP contribution is -2.32. The highest BCUT2D eigenvalue weighted by atomic mass is 16.2. The van der Waals surface area contributed by atoms with Gasteiger partial charge in [0.25, 0.3) is 17.7 Å². The van der Waals surface area contributed by atoms with Crippen LogP contribution in [0.4, 0.5) is 5.69 Å². The molecule has 1 heterocycles. The Labute approximate surface area is 204 Å². The second-order valence-corrected chi connectivity index (χ2v) is 9.14. The molecule has 0 aliphatic heterocycles. The molecule has 0 unspecified atom stereocenters. The molecule has 7 heteroatoms. The van der Waals surface area contributed by atoms with Crippen molar-refractivity contribution in [3.63, 3.8) is 0 Å². The van der Waals surface area contributed by atoms with E-state index in [1.165, 1.54) is 19.3 Å². The number of rotatable bonds is 8. The molecule has 180 valence electrons. The van der Waals surface area contributed by atoms with Crippen molar-refractivity contribution >= 4 is 23.4 Å². The highest BCUT2D eigenvalue weighted by molar-refractivity contribution is 6.05. The molecule has 1 aliphatic rings. The molecule has 1 fully saturated rings. The highest BCUT2D eigenvalue weighted by Crippen LogP contribution is 2.38. The SMILES string of the molecule is C=C(C)C(=O)Nc1ccc(-c2c(C)[nH]c(C(N)=O)c2-c2ccc(C(=O)NCC3CCC3)cc2)cc1. The van der Waals surface area contributed by atoms with E-state index in [0.717, 1.165) is 22.4 Å². The summed E-state index contributed by atoms with van der Waals surface area (Å²) in [5, 5.41) is 5.79. The molecule has 0 radical (unpaired) electrons. The Morgan fingerprint density at radius 1 is 1.00 bits per heavy atom. The van der Waals surface area contributed by atoms with Crippen LogP contribution in [-0.2, 0) is 4.79 Å². The Morgan fingerprint density at radius 3 is 2.14 bits per heavy atom. The third-order valence-corrected chi connectivity index (χ3v) is 6.46. The molecule has 0 bridgehead atoms. The smallest absolute Gasteiger partial charge is 0.265 e. The topological polar surface area (TPSA) is 117 Å². The second kappa shape index (κ2) is 10.0. The lowest BCUT2D eigenvalue weighted by molar-refractivity contribution is -0.112. The summed E-state index contributed by atoms with van der Waals surface area (Å²) in [5.74, 6) is -0.329. The van der Waals surface area contributed by atoms with Gasteiger partial charge in [-0.15, -0.1) is 0 Å². The zero-order chi connectivity index (χ0) is 25.1. The van der Waals surface area contributed by atoms with Gasteiger partial charge in [-0.1, -0.05) is 37.3 Å². The number of benzene rings is 2. The summed E-state index contributed by atoms with van der Waals surface area (Å²) in [6.07, 6.45) is 3.58. The first-order valence-electron chi connectivity index (χ1n) is 11.7. The lowest BCUT2D eigenvalue weighted by atomic mass is 9.85. The fourth-order valence-electron chi connectivity index (χ4n) is 4.24. The van der Waals surface area contributed by atoms with E-state index in [1.807, 2.05) is 31.2 Å². The predicted molar refractivity (Wildman–Crippen MR) is 138 cm³/mol. The molecule has 1 saturated carbocycles. The quantitative estimate of drug-likeness (QED) is 0.354. The van der Waals surface area contributed by atoms with E-state index < -0.39 is 5.91 Å². The number of amides is 3. The molecule has 3 aromatic rings. The Bertz CT molecular complexity index is 1280. The van der Waals surface area contributed by atoms with Gasteiger partial charge in [-0.2, -0.15) is 0 Å². The molecular weight excluding hydrogens is 440 g/mol. The zero-order valence-corrected chi connectivity index (χ0v) is 20.0. The van der Waals surface area contributed by atoms with E-state index in [-0.39, 0.29) is 11.8 Å². The highest BCUT2D eigenvalue weighted by Gasteiger charge is 2.22. The third-order valence-electron chi connectivity index (χ3n) is 6.46. The Morgan fingerprint density at radius 2 is 1.60 bits per heavy atom. The number of aromatic amines is 1. The summed E-state index contributed by atoms with van der Waals surface area (Å²) in [6, 6.07) is 14.5. The van der Waals surface area contributed by atoms with Crippen LogP contribution in [0.1, 0.15) is 52.7 Å². The van der Waals surface area contributed by atoms with Crippen molar-refractivity contribution in [2.45, 2.75) is 33.1 Å². The minimum absolute atomic E-state index is 0.101. The van der Waals surface area contributed by atoms with Crippen LogP contribution in [0.15, 0.2) is 60.7 Å². The minimum Gasteiger partial charge on any atom is -0.364 e. The number of primary amides is 1. The molecule has 7 nitrogen and oxygen atoms in total. The van der Waals surface area contributed by atoms with Crippen LogP contribution in [0.25, 0.3) is 22.3 Å². The summed E-state index contributed by atoms with van der Waals surface area (Å²) >= 11 is 0. The van der Waals surface area contributed by atoms with E-state index in [9.17, 15) is 14.4 Å². The molecule has 0 spiro atoms. The Kier molecular flexibility index (Phi) is 6.87. The number of carbonyl (C=O) groups is 3. The molecule has 35 heavy (non-hydrogen) atoms. The Balaban J connectivity index is 1.63. The van der Waals surface area contributed by atoms with Crippen molar-refractivity contribution in [2.24, 2.45) is 11.7 Å². The van der Waals surface area contributed by atoms with Crippen LogP contribution in [-0.4, -0.2) is 29.3 Å². The zero-order valence-electron chi connectivity index (χ0n) is 20.0. The number of hydrogen-bond acceptors (Lipinski definition) is 3. The van der Waals surface area contributed by atoms with Gasteiger partial charge in [-0.25, -0.2) is 0 Å². The van der Waals surface area contributed by atoms with Crippen molar-refractivity contribution in [2.75, 3.05) is 11.9 Å². The Hall–Kier alpha value is -4.13. The number of nitrogens with two attached hydrogens (primary N) is 1. The van der Waals surface area contributed by atoms with Crippen LogP contribution >= 0.6 is 0 Å². The predicted octanol–water partition coefficient (Wildman–Crippen LogP) is 4.80. The molecule has 5 N–H and O–H groups in total. The summed E-state index contributed by atoms with van der Waals surface area (Å²) in [6.45, 7) is 7.88. The van der Waals surface area contributed by atoms with Crippen molar-refractivity contribution in [1.82, 2.24) is 10.3 Å². The largest absolute Gasteiger partial charge is 0.364 e. The van der Waals surface area contributed by atoms with Gasteiger partial charge in [0.1, 0.15) is 5.69 Å². The number of nitrogens with one attached hydrogen (secondary N) is 3. The van der Waals surface area contributed by atoms with E-state index in [2.05, 4.69) is 22.2 Å². The second-order valence-electron chi connectivity index (χ2n) is 9.14. The number of carbonyl (C=O) groups excluding carboxylic acids is 3. The fourth-order valence-corrected chi connectivity index (χ4v) is 4.24. The van der Waals surface area contributed by atoms with Crippen LogP contribution in [0.2, 0.25) is 0 Å². The van der Waals surface area contributed by atoms with E-state index in [4.69, 9.17) is 5.73 Å². The van der Waals surface area contributed by atoms with Gasteiger partial charge in [-0.3, -0.25) is 14.4 Å². The number of hydrogen-bond donors (Lipinski definition) is 4. The molecule has 0 saturated heterocycles. The molecule has 2 aromatic carbocycles. The number of aryl methyl sites for hydroxylation is 1. The summed E-state index contributed by atoms with van der Waals surface area (Å²) in [5.41, 5.74) is 11.6. The first-order chi connectivity index (χ1) is 16.7. The van der Waals surface area contributed by atoms with Crippen molar-refractivity contribution in [3.8, 4) is 22.3 Å². The fraction of sp³-hybridized carbons (Fsp3) is 0.250. The van der Waals surface area contributed by atoms with E-state index in [1.54, 1.807) is 31.2 Å². The van der Waals surface area contributed by atoms with Gasteiger partial charge >= 0.3 is 0 Å². The summed E-state index contributed by atoms with van der Waals surface area (Å²) in [4.78, 5) is 39.8. The van der Waals surface area contributed by atoms with Gasteiger partial charge in [0.05, 0.1) is 0 Å². The van der Waals surface area contributed by atoms with Crippen molar-refractivity contribution in [1.29, 1.82) is 0 Å². The molecule has 4 rings (SSSR count). The van der Waals surface area contributed by atoms with E-state index in [0.29, 0.717) is 40.5 Å². The maximum Gasteiger partial charge on any atom is 0.265 e. The van der Waals surface area contributed by atoms with E-state index >= 15 is 0 Å². The van der Waals surface area contributed by atoms with Crippen molar-refractivity contribution in [3.05, 3.63) is 77.6 Å². The first-order valence-corrected chi connectivity index (χ1v) is 11.7. The van der Waals surface area contributed by atoms with Crippen LogP contribution in [0.3, 0.4) is 0 Å². The lowest BCUT2D eigenvalue weighted by Gasteiger charge is -2.25. The number of H-pyrrole nitrogens is 1. The monoisotopic (exact) mass is 470 g/mol. The van der Waals surface area contributed by atoms with Crippen LogP contribution in [0.5, 0.6) is 0 Å². The standard InChI is InChI=1S/C28H30N4O3/c1-16(2)27(34)32-22-13-11-19(12-14-22)23-17(3)31-25(26(29)33)24(23)20-7-9-21(10-8-20)28(35)30-15-18-5-4-6-18/h7-14,18,31H,1,4-6,15H2,2-3H3,(H2,29,33)(H,30,35)(H,32,34). The molecule has 1 aromatic heterocycles. The molecule has 3 amide bonds. The average molecular weight is 471 g/mol. The van der Waals surface area contributed by atoms with Gasteiger partial charge in [0.15, 0.2) is 0 Å². The summed E-state index contributed by atoms with van der Waals surface area (Å²) in [7, 11) is 0. The van der Waals surface area contributed by atoms with Gasteiger partial charge in [-0.05, 0) is 68.0 Å². The van der Waals surface area contributed by atoms with Crippen molar-refractivity contribution < 1.29 is 14.4 Å². The van der Waals surface area contributed by atoms with Gasteiger partial charge < -0.3 is 21.4 Å². The first kappa shape index (κ1) is 24.0. The van der Waals surface area contributed by atoms with Crippen LogP contribution < -0.4 is 16.4 Å². The molecule has 0 atom stereocenters. The normalized spacial score (nSPS) is 13.1. The molecule has 1 aliphatic carbocycles. The van der Waals surface area contributed by atoms with Crippen LogP contribution in [0, 0.1) is 12.8 Å². The number of anilines is 1. The molecular formula is C28H30N4O3. The van der Waals surface area contributed by atoms with Gasteiger partial charge in [0.2, 0.25) is 0 Å². The van der Waals surface area contributed by atoms with Gasteiger partial charge in [0, 0.05) is 40.2 Å².